The predicted octanol–water partition coefficient (Wildman–Crippen LogP) is 1.52. The van der Waals surface area contributed by atoms with Crippen molar-refractivity contribution in [2.45, 2.75) is 13.0 Å². The summed E-state index contributed by atoms with van der Waals surface area (Å²) in [6, 6.07) is 5.52. The second-order valence-electron chi connectivity index (χ2n) is 3.90. The highest BCUT2D eigenvalue weighted by Crippen LogP contribution is 2.28. The van der Waals surface area contributed by atoms with E-state index in [4.69, 9.17) is 9.68 Å². The average molecular weight is 219 g/mol. The molecule has 2 amide bonds. The number of hydrogen-bond acceptors (Lipinski definition) is 3. The van der Waals surface area contributed by atoms with Crippen LogP contribution in [0.3, 0.4) is 0 Å². The summed E-state index contributed by atoms with van der Waals surface area (Å²) in [7, 11) is 1.72. The summed E-state index contributed by atoms with van der Waals surface area (Å²) < 4.78 is 5.51. The van der Waals surface area contributed by atoms with Crippen LogP contribution in [0.5, 0.6) is 0 Å². The van der Waals surface area contributed by atoms with Gasteiger partial charge >= 0.3 is 6.03 Å². The second kappa shape index (κ2) is 3.89. The molecule has 0 N–H and O–H groups in total. The van der Waals surface area contributed by atoms with E-state index < -0.39 is 0 Å². The first kappa shape index (κ1) is 10.6. The first-order valence-corrected chi connectivity index (χ1v) is 5.08. The number of urea groups is 1. The molecule has 0 bridgehead atoms. The van der Waals surface area contributed by atoms with Crippen molar-refractivity contribution in [2.75, 3.05) is 20.1 Å². The Morgan fingerprint density at radius 1 is 1.62 bits per heavy atom. The van der Waals surface area contributed by atoms with E-state index in [1.54, 1.807) is 11.9 Å². The molecule has 1 aromatic rings. The highest BCUT2D eigenvalue weighted by atomic mass is 16.3. The van der Waals surface area contributed by atoms with E-state index in [0.717, 1.165) is 11.5 Å². The Morgan fingerprint density at radius 2 is 2.38 bits per heavy atom. The van der Waals surface area contributed by atoms with Crippen molar-refractivity contribution in [1.82, 2.24) is 9.80 Å². The molecule has 1 aliphatic heterocycles. The summed E-state index contributed by atoms with van der Waals surface area (Å²) in [5.41, 5.74) is 0. The summed E-state index contributed by atoms with van der Waals surface area (Å²) in [5, 5.41) is 8.61. The lowest BCUT2D eigenvalue weighted by molar-refractivity contribution is 0.196. The molecule has 1 aromatic heterocycles. The Bertz CT molecular complexity index is 446. The largest absolute Gasteiger partial charge is 0.464 e. The summed E-state index contributed by atoms with van der Waals surface area (Å²) >= 11 is 0. The average Bonchev–Trinajstić information content (AvgIpc) is 2.78. The third-order valence-corrected chi connectivity index (χ3v) is 2.78. The van der Waals surface area contributed by atoms with E-state index in [1.807, 2.05) is 25.1 Å². The van der Waals surface area contributed by atoms with Gasteiger partial charge in [-0.25, -0.2) is 4.79 Å². The van der Waals surface area contributed by atoms with Crippen LogP contribution in [-0.4, -0.2) is 36.0 Å². The number of amides is 2. The number of carbonyl (C=O) groups excluding carboxylic acids is 1. The lowest BCUT2D eigenvalue weighted by Gasteiger charge is -2.14. The normalized spacial score (nSPS) is 20.3. The Labute approximate surface area is 93.8 Å². The lowest BCUT2D eigenvalue weighted by Crippen LogP contribution is -2.29. The standard InChI is InChI=1S/C11H13N3O2/c1-8-3-4-10(16-8)9-7-14(6-5-12)11(15)13(9)2/h3-4,9H,6-7H2,1-2H3. The molecule has 1 fully saturated rings. The van der Waals surface area contributed by atoms with E-state index >= 15 is 0 Å². The molecule has 5 nitrogen and oxygen atoms in total. The number of furan rings is 1. The van der Waals surface area contributed by atoms with Gasteiger partial charge in [0, 0.05) is 7.05 Å². The summed E-state index contributed by atoms with van der Waals surface area (Å²) in [6.07, 6.45) is 0. The monoisotopic (exact) mass is 219 g/mol. The van der Waals surface area contributed by atoms with Gasteiger partial charge in [0.05, 0.1) is 12.6 Å². The Kier molecular flexibility index (Phi) is 2.57. The van der Waals surface area contributed by atoms with Crippen molar-refractivity contribution in [3.05, 3.63) is 23.7 Å². The van der Waals surface area contributed by atoms with E-state index in [0.29, 0.717) is 6.54 Å². The molecule has 0 saturated carbocycles. The van der Waals surface area contributed by atoms with Crippen molar-refractivity contribution in [3.63, 3.8) is 0 Å². The molecule has 2 heterocycles. The van der Waals surface area contributed by atoms with Crippen molar-refractivity contribution in [1.29, 1.82) is 5.26 Å². The van der Waals surface area contributed by atoms with Gasteiger partial charge in [-0.05, 0) is 19.1 Å². The lowest BCUT2D eigenvalue weighted by atomic mass is 10.2. The molecule has 1 atom stereocenters. The van der Waals surface area contributed by atoms with Crippen LogP contribution in [0.25, 0.3) is 0 Å². The molecule has 1 saturated heterocycles. The molecule has 0 aliphatic carbocycles. The zero-order valence-corrected chi connectivity index (χ0v) is 9.30. The smallest absolute Gasteiger partial charge is 0.321 e. The fraction of sp³-hybridized carbons (Fsp3) is 0.455. The van der Waals surface area contributed by atoms with Crippen molar-refractivity contribution in [2.24, 2.45) is 0 Å². The maximum absolute atomic E-state index is 11.7. The van der Waals surface area contributed by atoms with E-state index in [9.17, 15) is 4.79 Å². The first-order chi connectivity index (χ1) is 7.63. The van der Waals surface area contributed by atoms with E-state index in [-0.39, 0.29) is 18.6 Å². The van der Waals surface area contributed by atoms with Crippen LogP contribution in [-0.2, 0) is 0 Å². The maximum atomic E-state index is 11.7. The number of likely N-dealkylation sites (N-methyl/N-ethyl adjacent to an activating group) is 1. The fourth-order valence-electron chi connectivity index (χ4n) is 1.90. The molecule has 0 spiro atoms. The minimum absolute atomic E-state index is 0.0884. The molecule has 84 valence electrons. The summed E-state index contributed by atoms with van der Waals surface area (Å²) in [6.45, 7) is 2.50. The number of nitriles is 1. The van der Waals surface area contributed by atoms with Gasteiger partial charge in [0.1, 0.15) is 24.1 Å². The number of hydrogen-bond donors (Lipinski definition) is 0. The fourth-order valence-corrected chi connectivity index (χ4v) is 1.90. The SMILES string of the molecule is Cc1ccc(C2CN(CC#N)C(=O)N2C)o1. The van der Waals surface area contributed by atoms with Crippen LogP contribution in [0.1, 0.15) is 17.6 Å². The Hall–Kier alpha value is -1.96. The molecule has 5 heteroatoms. The van der Waals surface area contributed by atoms with E-state index in [2.05, 4.69) is 0 Å². The molecule has 1 unspecified atom stereocenters. The topological polar surface area (TPSA) is 60.5 Å². The molecule has 0 radical (unpaired) electrons. The van der Waals surface area contributed by atoms with Crippen LogP contribution in [0, 0.1) is 18.3 Å². The number of rotatable bonds is 2. The van der Waals surface area contributed by atoms with Gasteiger partial charge in [0.15, 0.2) is 0 Å². The molecule has 2 rings (SSSR count). The highest BCUT2D eigenvalue weighted by molar-refractivity contribution is 5.77. The van der Waals surface area contributed by atoms with Crippen molar-refractivity contribution in [3.8, 4) is 6.07 Å². The second-order valence-corrected chi connectivity index (χ2v) is 3.90. The minimum Gasteiger partial charge on any atom is -0.464 e. The van der Waals surface area contributed by atoms with Crippen LogP contribution >= 0.6 is 0 Å². The van der Waals surface area contributed by atoms with Crippen LogP contribution in [0.15, 0.2) is 16.5 Å². The van der Waals surface area contributed by atoms with Gasteiger partial charge in [0.2, 0.25) is 0 Å². The zero-order chi connectivity index (χ0) is 11.7. The maximum Gasteiger partial charge on any atom is 0.321 e. The zero-order valence-electron chi connectivity index (χ0n) is 9.30. The Balaban J connectivity index is 2.19. The van der Waals surface area contributed by atoms with Crippen LogP contribution in [0.2, 0.25) is 0 Å². The van der Waals surface area contributed by atoms with Gasteiger partial charge < -0.3 is 14.2 Å². The minimum atomic E-state index is -0.124. The third kappa shape index (κ3) is 1.63. The van der Waals surface area contributed by atoms with Gasteiger partial charge in [-0.1, -0.05) is 0 Å². The Morgan fingerprint density at radius 3 is 2.94 bits per heavy atom. The molecule has 0 aromatic carbocycles. The van der Waals surface area contributed by atoms with Gasteiger partial charge in [0.25, 0.3) is 0 Å². The molecular formula is C11H13N3O2. The summed E-state index contributed by atoms with van der Waals surface area (Å²) in [5.74, 6) is 1.60. The van der Waals surface area contributed by atoms with Gasteiger partial charge in [-0.2, -0.15) is 5.26 Å². The molecular weight excluding hydrogens is 206 g/mol. The number of nitrogens with zero attached hydrogens (tertiary/aromatic N) is 3. The number of carbonyl (C=O) groups is 1. The van der Waals surface area contributed by atoms with Crippen LogP contribution < -0.4 is 0 Å². The van der Waals surface area contributed by atoms with E-state index in [1.165, 1.54) is 4.90 Å². The highest BCUT2D eigenvalue weighted by Gasteiger charge is 2.36. The quantitative estimate of drug-likeness (QED) is 0.708. The van der Waals surface area contributed by atoms with Gasteiger partial charge in [-0.15, -0.1) is 0 Å². The summed E-state index contributed by atoms with van der Waals surface area (Å²) in [4.78, 5) is 14.9. The predicted molar refractivity (Wildman–Crippen MR) is 56.5 cm³/mol. The van der Waals surface area contributed by atoms with Crippen molar-refractivity contribution >= 4 is 6.03 Å². The first-order valence-electron chi connectivity index (χ1n) is 5.08. The van der Waals surface area contributed by atoms with Crippen LogP contribution in [0.4, 0.5) is 4.79 Å². The third-order valence-electron chi connectivity index (χ3n) is 2.78. The van der Waals surface area contributed by atoms with Crippen molar-refractivity contribution < 1.29 is 9.21 Å². The molecule has 1 aliphatic rings. The van der Waals surface area contributed by atoms with Gasteiger partial charge in [-0.3, -0.25) is 0 Å². The number of aryl methyl sites for hydroxylation is 1. The molecule has 16 heavy (non-hydrogen) atoms.